The maximum absolute atomic E-state index is 14.0. The molecule has 0 atom stereocenters. The lowest BCUT2D eigenvalue weighted by molar-refractivity contribution is -0.128. The summed E-state index contributed by atoms with van der Waals surface area (Å²) in [5, 5.41) is 6.44. The number of benzene rings is 2. The predicted octanol–water partition coefficient (Wildman–Crippen LogP) is 4.51. The Labute approximate surface area is 182 Å². The Morgan fingerprint density at radius 2 is 1.93 bits per heavy atom. The molecule has 30 heavy (non-hydrogen) atoms. The van der Waals surface area contributed by atoms with Gasteiger partial charge in [0.2, 0.25) is 11.9 Å². The number of nitrogens with one attached hydrogen (secondary N) is 3. The largest absolute Gasteiger partial charge is 0.366 e. The number of primary amides is 1. The number of hydrogen-bond acceptors (Lipinski definition) is 4. The van der Waals surface area contributed by atoms with Gasteiger partial charge in [0.15, 0.2) is 0 Å². The van der Waals surface area contributed by atoms with Crippen LogP contribution in [0.25, 0.3) is 11.0 Å². The summed E-state index contributed by atoms with van der Waals surface area (Å²) in [7, 11) is 0. The fourth-order valence-electron chi connectivity index (χ4n) is 2.68. The maximum atomic E-state index is 14.0. The smallest absolute Gasteiger partial charge is 0.251 e. The van der Waals surface area contributed by atoms with Crippen molar-refractivity contribution in [3.8, 4) is 0 Å². The van der Waals surface area contributed by atoms with Crippen LogP contribution in [0.15, 0.2) is 24.3 Å². The van der Waals surface area contributed by atoms with E-state index in [0.29, 0.717) is 32.3 Å². The SMILES string of the molecule is CC(C)(C)C(=O)NCc1ccc(Cl)c(Nc2nc3cc(C(N)=O)c(F)cc3[nH]2)c1Cl. The third-order valence-electron chi connectivity index (χ3n) is 4.37. The van der Waals surface area contributed by atoms with Crippen LogP contribution in [-0.4, -0.2) is 21.8 Å². The van der Waals surface area contributed by atoms with Gasteiger partial charge in [0.05, 0.1) is 32.3 Å². The second-order valence-electron chi connectivity index (χ2n) is 7.75. The molecule has 3 aromatic rings. The third kappa shape index (κ3) is 4.49. The molecule has 2 aromatic carbocycles. The zero-order chi connectivity index (χ0) is 22.2. The number of carbonyl (C=O) groups excluding carboxylic acids is 2. The van der Waals surface area contributed by atoms with Gasteiger partial charge in [-0.05, 0) is 17.7 Å². The fraction of sp³-hybridized carbons (Fsp3) is 0.250. The normalized spacial score (nSPS) is 11.5. The van der Waals surface area contributed by atoms with Crippen LogP contribution in [0.5, 0.6) is 0 Å². The molecule has 1 heterocycles. The van der Waals surface area contributed by atoms with Gasteiger partial charge in [-0.2, -0.15) is 0 Å². The molecular formula is C20H20Cl2FN5O2. The van der Waals surface area contributed by atoms with E-state index in [2.05, 4.69) is 20.6 Å². The molecule has 1 aromatic heterocycles. The molecule has 7 nitrogen and oxygen atoms in total. The molecule has 0 spiro atoms. The summed E-state index contributed by atoms with van der Waals surface area (Å²) in [6, 6.07) is 5.75. The number of aromatic amines is 1. The minimum atomic E-state index is -0.886. The van der Waals surface area contributed by atoms with Crippen LogP contribution >= 0.6 is 23.2 Å². The number of imidazole rings is 1. The number of anilines is 2. The molecule has 0 unspecified atom stereocenters. The Bertz CT molecular complexity index is 1150. The molecule has 0 saturated carbocycles. The lowest BCUT2D eigenvalue weighted by atomic mass is 9.95. The Balaban J connectivity index is 1.89. The zero-order valence-corrected chi connectivity index (χ0v) is 18.0. The maximum Gasteiger partial charge on any atom is 0.251 e. The Morgan fingerprint density at radius 1 is 1.23 bits per heavy atom. The van der Waals surface area contributed by atoms with E-state index in [1.807, 2.05) is 20.8 Å². The minimum Gasteiger partial charge on any atom is -0.366 e. The van der Waals surface area contributed by atoms with Gasteiger partial charge in [0, 0.05) is 18.0 Å². The third-order valence-corrected chi connectivity index (χ3v) is 5.12. The van der Waals surface area contributed by atoms with Crippen LogP contribution in [0.2, 0.25) is 10.0 Å². The number of amides is 2. The lowest BCUT2D eigenvalue weighted by Gasteiger charge is -2.19. The first-order chi connectivity index (χ1) is 14.0. The molecule has 0 fully saturated rings. The minimum absolute atomic E-state index is 0.118. The van der Waals surface area contributed by atoms with Gasteiger partial charge in [0.25, 0.3) is 5.91 Å². The highest BCUT2D eigenvalue weighted by Crippen LogP contribution is 2.35. The lowest BCUT2D eigenvalue weighted by Crippen LogP contribution is -2.34. The van der Waals surface area contributed by atoms with Crippen LogP contribution in [0.3, 0.4) is 0 Å². The van der Waals surface area contributed by atoms with Crippen LogP contribution in [-0.2, 0) is 11.3 Å². The molecule has 0 aliphatic heterocycles. The molecule has 0 radical (unpaired) electrons. The van der Waals surface area contributed by atoms with Crippen molar-refractivity contribution in [1.82, 2.24) is 15.3 Å². The summed E-state index contributed by atoms with van der Waals surface area (Å²) < 4.78 is 14.0. The average Bonchev–Trinajstić information content (AvgIpc) is 3.03. The van der Waals surface area contributed by atoms with Crippen molar-refractivity contribution in [2.24, 2.45) is 11.1 Å². The molecule has 5 N–H and O–H groups in total. The van der Waals surface area contributed by atoms with E-state index in [1.54, 1.807) is 12.1 Å². The van der Waals surface area contributed by atoms with Gasteiger partial charge < -0.3 is 21.4 Å². The Morgan fingerprint density at radius 3 is 2.57 bits per heavy atom. The number of nitrogens with zero attached hydrogens (tertiary/aromatic N) is 1. The van der Waals surface area contributed by atoms with Crippen molar-refractivity contribution in [1.29, 1.82) is 0 Å². The molecule has 2 amide bonds. The van der Waals surface area contributed by atoms with Crippen molar-refractivity contribution in [2.45, 2.75) is 27.3 Å². The standard InChI is InChI=1S/C20H20Cl2FN5O2/c1-20(2,3)18(30)25-8-9-4-5-11(21)16(15(9)22)28-19-26-13-6-10(17(24)29)12(23)7-14(13)27-19/h4-7H,8H2,1-3H3,(H2,24,29)(H,25,30)(H2,26,27,28). The highest BCUT2D eigenvalue weighted by Gasteiger charge is 2.21. The van der Waals surface area contributed by atoms with Gasteiger partial charge >= 0.3 is 0 Å². The summed E-state index contributed by atoms with van der Waals surface area (Å²) >= 11 is 12.8. The second kappa shape index (κ2) is 8.12. The first-order valence-corrected chi connectivity index (χ1v) is 9.74. The highest BCUT2D eigenvalue weighted by molar-refractivity contribution is 6.39. The first-order valence-electron chi connectivity index (χ1n) is 8.98. The Kier molecular flexibility index (Phi) is 5.92. The molecule has 10 heteroatoms. The molecule has 0 bridgehead atoms. The quantitative estimate of drug-likeness (QED) is 0.456. The van der Waals surface area contributed by atoms with E-state index in [9.17, 15) is 14.0 Å². The number of fused-ring (bicyclic) bond motifs is 1. The number of hydrogen-bond donors (Lipinski definition) is 4. The predicted molar refractivity (Wildman–Crippen MR) is 116 cm³/mol. The van der Waals surface area contributed by atoms with E-state index in [-0.39, 0.29) is 24.0 Å². The van der Waals surface area contributed by atoms with Gasteiger partial charge in [-0.25, -0.2) is 9.37 Å². The second-order valence-corrected chi connectivity index (χ2v) is 8.54. The van der Waals surface area contributed by atoms with Crippen LogP contribution < -0.4 is 16.4 Å². The first kappa shape index (κ1) is 21.9. The van der Waals surface area contributed by atoms with E-state index >= 15 is 0 Å². The fourth-order valence-corrected chi connectivity index (χ4v) is 3.22. The molecular weight excluding hydrogens is 432 g/mol. The molecule has 0 aliphatic rings. The van der Waals surface area contributed by atoms with Gasteiger partial charge in [0.1, 0.15) is 5.82 Å². The number of H-pyrrole nitrogens is 1. The number of rotatable bonds is 5. The van der Waals surface area contributed by atoms with Crippen molar-refractivity contribution in [3.63, 3.8) is 0 Å². The summed E-state index contributed by atoms with van der Waals surface area (Å²) in [6.45, 7) is 5.65. The van der Waals surface area contributed by atoms with Crippen LogP contribution in [0.4, 0.5) is 16.0 Å². The highest BCUT2D eigenvalue weighted by atomic mass is 35.5. The van der Waals surface area contributed by atoms with Crippen molar-refractivity contribution in [2.75, 3.05) is 5.32 Å². The van der Waals surface area contributed by atoms with Gasteiger partial charge in [-0.1, -0.05) is 50.0 Å². The molecule has 0 aliphatic carbocycles. The molecule has 158 valence electrons. The number of halogens is 3. The van der Waals surface area contributed by atoms with E-state index in [1.165, 1.54) is 6.07 Å². The van der Waals surface area contributed by atoms with Crippen molar-refractivity contribution in [3.05, 3.63) is 51.3 Å². The summed E-state index contributed by atoms with van der Waals surface area (Å²) in [6.07, 6.45) is 0. The van der Waals surface area contributed by atoms with E-state index in [4.69, 9.17) is 28.9 Å². The topological polar surface area (TPSA) is 113 Å². The average molecular weight is 452 g/mol. The van der Waals surface area contributed by atoms with Crippen LogP contribution in [0.1, 0.15) is 36.7 Å². The Hall–Kier alpha value is -2.84. The summed E-state index contributed by atoms with van der Waals surface area (Å²) in [5.41, 5.74) is 6.11. The van der Waals surface area contributed by atoms with E-state index in [0.717, 1.165) is 6.07 Å². The van der Waals surface area contributed by atoms with Gasteiger partial charge in [-0.15, -0.1) is 0 Å². The zero-order valence-electron chi connectivity index (χ0n) is 16.5. The summed E-state index contributed by atoms with van der Waals surface area (Å²) in [5.74, 6) is -1.51. The van der Waals surface area contributed by atoms with E-state index < -0.39 is 17.1 Å². The molecule has 3 rings (SSSR count). The molecule has 0 saturated heterocycles. The van der Waals surface area contributed by atoms with Crippen molar-refractivity contribution < 1.29 is 14.0 Å². The number of aromatic nitrogens is 2. The monoisotopic (exact) mass is 451 g/mol. The van der Waals surface area contributed by atoms with Crippen LogP contribution in [0, 0.1) is 11.2 Å². The number of carbonyl (C=O) groups is 2. The van der Waals surface area contributed by atoms with Crippen molar-refractivity contribution >= 4 is 57.7 Å². The number of nitrogens with two attached hydrogens (primary N) is 1. The summed E-state index contributed by atoms with van der Waals surface area (Å²) in [4.78, 5) is 30.6. The van der Waals surface area contributed by atoms with Gasteiger partial charge in [-0.3, -0.25) is 9.59 Å².